The minimum absolute atomic E-state index is 0. The molecule has 0 radical (unpaired) electrons. The monoisotopic (exact) mass is 737 g/mol. The van der Waals surface area contributed by atoms with Crippen molar-refractivity contribution in [2.45, 2.75) is 271 Å². The van der Waals surface area contributed by atoms with Crippen LogP contribution < -0.4 is 29.6 Å². The molecule has 0 aromatic rings. The molecule has 0 aliphatic rings. The van der Waals surface area contributed by atoms with Crippen LogP contribution in [0.5, 0.6) is 0 Å². The fourth-order valence-electron chi connectivity index (χ4n) is 7.51. The van der Waals surface area contributed by atoms with Crippen LogP contribution in [0.1, 0.15) is 271 Å². The van der Waals surface area contributed by atoms with Gasteiger partial charge in [-0.05, 0) is 18.8 Å². The Balaban J connectivity index is 0. The molecule has 6 heteroatoms. The molecule has 0 heterocycles. The fourth-order valence-corrected chi connectivity index (χ4v) is 7.87. The summed E-state index contributed by atoms with van der Waals surface area (Å²) in [5.74, 6) is 0.195. The Morgan fingerprint density at radius 2 is 0.540 bits per heavy atom. The van der Waals surface area contributed by atoms with E-state index in [-0.39, 0.29) is 42.1 Å². The first kappa shape index (κ1) is 53.0. The zero-order valence-corrected chi connectivity index (χ0v) is 37.4. The van der Waals surface area contributed by atoms with Crippen LogP contribution in [0.15, 0.2) is 0 Å². The Morgan fingerprint density at radius 1 is 0.360 bits per heavy atom. The maximum atomic E-state index is 11.1. The number of rotatable bonds is 43. The smallest absolute Gasteiger partial charge is 0.726 e. The van der Waals surface area contributed by atoms with Crippen LogP contribution in [-0.4, -0.2) is 19.6 Å². The first-order valence-corrected chi connectivity index (χ1v) is 23.9. The van der Waals surface area contributed by atoms with Gasteiger partial charge in [0.25, 0.3) is 0 Å². The molecule has 50 heavy (non-hydrogen) atoms. The van der Waals surface area contributed by atoms with E-state index in [0.717, 1.165) is 25.7 Å². The van der Waals surface area contributed by atoms with E-state index in [9.17, 15) is 13.0 Å². The van der Waals surface area contributed by atoms with Crippen LogP contribution in [0, 0.1) is 5.92 Å². The van der Waals surface area contributed by atoms with Crippen LogP contribution in [0.4, 0.5) is 0 Å². The molecule has 296 valence electrons. The second-order valence-electron chi connectivity index (χ2n) is 15.9. The zero-order valence-electron chi connectivity index (χ0n) is 34.6. The predicted octanol–water partition coefficient (Wildman–Crippen LogP) is 12.7. The van der Waals surface area contributed by atoms with Crippen molar-refractivity contribution < 1.29 is 46.7 Å². The first-order chi connectivity index (χ1) is 24.0. The van der Waals surface area contributed by atoms with Crippen molar-refractivity contribution in [3.05, 3.63) is 0 Å². The van der Waals surface area contributed by atoms with Crippen LogP contribution in [-0.2, 0) is 14.6 Å². The summed E-state index contributed by atoms with van der Waals surface area (Å²) in [4.78, 5) is 0. The van der Waals surface area contributed by atoms with E-state index in [4.69, 9.17) is 0 Å². The summed E-state index contributed by atoms with van der Waals surface area (Å²) in [6, 6.07) is 0. The van der Waals surface area contributed by atoms with Crippen LogP contribution in [0.2, 0.25) is 0 Å². The van der Waals surface area contributed by atoms with E-state index in [2.05, 4.69) is 18.0 Å². The largest absolute Gasteiger partial charge is 1.00 e. The quantitative estimate of drug-likeness (QED) is 0.0270. The Bertz CT molecular complexity index is 717. The van der Waals surface area contributed by atoms with Crippen molar-refractivity contribution in [1.29, 1.82) is 0 Å². The summed E-state index contributed by atoms with van der Waals surface area (Å²) in [7, 11) is -4.60. The van der Waals surface area contributed by atoms with Crippen LogP contribution in [0.3, 0.4) is 0 Å². The van der Waals surface area contributed by atoms with Gasteiger partial charge in [0.2, 0.25) is 10.4 Å². The summed E-state index contributed by atoms with van der Waals surface area (Å²) in [5, 5.41) is 0. The van der Waals surface area contributed by atoms with E-state index in [1.165, 1.54) is 231 Å². The number of hydrogen-bond donors (Lipinski definition) is 0. The summed E-state index contributed by atoms with van der Waals surface area (Å²) >= 11 is 0. The molecule has 1 unspecified atom stereocenters. The summed E-state index contributed by atoms with van der Waals surface area (Å²) < 4.78 is 37.9. The molecule has 0 aliphatic heterocycles. The summed E-state index contributed by atoms with van der Waals surface area (Å²) in [6.45, 7) is 4.65. The van der Waals surface area contributed by atoms with E-state index in [1.807, 2.05) is 0 Å². The molecule has 0 aromatic heterocycles. The van der Waals surface area contributed by atoms with Gasteiger partial charge in [0.15, 0.2) is 0 Å². The molecule has 0 spiro atoms. The molecular weight excluding hydrogens is 648 g/mol. The van der Waals surface area contributed by atoms with Gasteiger partial charge < -0.3 is 4.55 Å². The molecule has 0 bridgehead atoms. The van der Waals surface area contributed by atoms with Crippen molar-refractivity contribution in [1.82, 2.24) is 0 Å². The van der Waals surface area contributed by atoms with E-state index >= 15 is 0 Å². The topological polar surface area (TPSA) is 66.4 Å². The number of hydrogen-bond acceptors (Lipinski definition) is 4. The van der Waals surface area contributed by atoms with Crippen molar-refractivity contribution in [2.24, 2.45) is 5.92 Å². The Kier molecular flexibility index (Phi) is 46.9. The second kappa shape index (κ2) is 44.3. The van der Waals surface area contributed by atoms with Gasteiger partial charge >= 0.3 is 29.6 Å². The molecule has 0 rings (SSSR count). The minimum atomic E-state index is -4.60. The average Bonchev–Trinajstić information content (AvgIpc) is 3.08. The van der Waals surface area contributed by atoms with Crippen LogP contribution >= 0.6 is 0 Å². The van der Waals surface area contributed by atoms with Gasteiger partial charge in [-0.15, -0.1) is 0 Å². The number of unbranched alkanes of at least 4 members (excludes halogenated alkanes) is 36. The third kappa shape index (κ3) is 46.9. The minimum Gasteiger partial charge on any atom is -0.726 e. The normalized spacial score (nSPS) is 12.4. The van der Waals surface area contributed by atoms with Gasteiger partial charge in [-0.1, -0.05) is 258 Å². The van der Waals surface area contributed by atoms with E-state index in [1.54, 1.807) is 0 Å². The Morgan fingerprint density at radius 3 is 0.720 bits per heavy atom. The van der Waals surface area contributed by atoms with Gasteiger partial charge in [0, 0.05) is 0 Å². The maximum Gasteiger partial charge on any atom is 1.00 e. The van der Waals surface area contributed by atoms with Gasteiger partial charge in [-0.25, -0.2) is 8.42 Å². The van der Waals surface area contributed by atoms with E-state index in [0.29, 0.717) is 0 Å². The van der Waals surface area contributed by atoms with Gasteiger partial charge in [-0.3, -0.25) is 4.18 Å². The second-order valence-corrected chi connectivity index (χ2v) is 16.9. The molecular formula is C44H89NaO4S. The van der Waals surface area contributed by atoms with Crippen molar-refractivity contribution >= 4 is 10.4 Å². The van der Waals surface area contributed by atoms with Crippen molar-refractivity contribution in [2.75, 3.05) is 6.61 Å². The molecule has 0 N–H and O–H groups in total. The average molecular weight is 737 g/mol. The standard InChI is InChI=1S/C44H90O4S.Na/c1-3-5-7-9-11-13-15-17-19-21-23-24-26-28-30-32-34-36-38-40-42-44(43-48-49(45,46)47)41-39-37-35-33-31-29-27-25-22-20-18-16-14-12-10-8-6-4-2;/h44H,3-43H2,1-2H3,(H,45,46,47);/q;+1/p-1. The predicted molar refractivity (Wildman–Crippen MR) is 215 cm³/mol. The summed E-state index contributed by atoms with van der Waals surface area (Å²) in [5.41, 5.74) is 0. The van der Waals surface area contributed by atoms with Gasteiger partial charge in [-0.2, -0.15) is 0 Å². The van der Waals surface area contributed by atoms with Crippen LogP contribution in [0.25, 0.3) is 0 Å². The molecule has 0 aliphatic carbocycles. The molecule has 1 atom stereocenters. The molecule has 0 saturated heterocycles. The van der Waals surface area contributed by atoms with Crippen molar-refractivity contribution in [3.63, 3.8) is 0 Å². The molecule has 4 nitrogen and oxygen atoms in total. The third-order valence-electron chi connectivity index (χ3n) is 10.9. The van der Waals surface area contributed by atoms with Gasteiger partial charge in [0.05, 0.1) is 6.61 Å². The molecule has 0 amide bonds. The van der Waals surface area contributed by atoms with Crippen molar-refractivity contribution in [3.8, 4) is 0 Å². The molecule has 0 aromatic carbocycles. The Labute approximate surface area is 338 Å². The zero-order chi connectivity index (χ0) is 35.8. The molecule has 0 fully saturated rings. The van der Waals surface area contributed by atoms with Gasteiger partial charge in [0.1, 0.15) is 0 Å². The third-order valence-corrected chi connectivity index (χ3v) is 11.3. The van der Waals surface area contributed by atoms with E-state index < -0.39 is 10.4 Å². The Hall–Kier alpha value is 0.870. The fraction of sp³-hybridized carbons (Fsp3) is 1.00. The SMILES string of the molecule is CCCCCCCCCCCCCCCCCCCCCCC(CCCCCCCCCCCCCCCCCCCC)COS(=O)(=O)[O-].[Na+]. The molecule has 0 saturated carbocycles. The summed E-state index contributed by atoms with van der Waals surface area (Å²) in [6.07, 6.45) is 54.1. The first-order valence-electron chi connectivity index (χ1n) is 22.6. The maximum absolute atomic E-state index is 11.1.